The first kappa shape index (κ1) is 48.6. The molecule has 2 fully saturated rings. The van der Waals surface area contributed by atoms with E-state index in [0.29, 0.717) is 41.0 Å². The lowest BCUT2D eigenvalue weighted by atomic mass is 9.70. The van der Waals surface area contributed by atoms with Gasteiger partial charge in [-0.25, -0.2) is 9.59 Å². The number of unbranched alkanes of at least 4 members (excludes halogenated alkanes) is 4. The van der Waals surface area contributed by atoms with E-state index in [0.717, 1.165) is 88.2 Å². The number of rotatable bonds is 15. The first-order valence-corrected chi connectivity index (χ1v) is 23.4. The average Bonchev–Trinajstić information content (AvgIpc) is 3.51. The molecule has 340 valence electrons. The minimum Gasteiger partial charge on any atom is -0.507 e. The largest absolute Gasteiger partial charge is 0.507 e. The number of aromatic hydroxyl groups is 4. The molecule has 0 heterocycles. The molecule has 4 aliphatic carbocycles. The van der Waals surface area contributed by atoms with Gasteiger partial charge in [-0.2, -0.15) is 0 Å². The smallest absolute Gasteiger partial charge is 0.342 e. The average molecular weight is 853 g/mol. The second-order valence-electron chi connectivity index (χ2n) is 20.2. The lowest BCUT2D eigenvalue weighted by molar-refractivity contribution is -0.0245. The van der Waals surface area contributed by atoms with Crippen LogP contribution in [0, 0.1) is 28.6 Å². The van der Waals surface area contributed by atoms with E-state index in [9.17, 15) is 35.1 Å². The summed E-state index contributed by atoms with van der Waals surface area (Å²) in [7, 11) is 0. The predicted molar refractivity (Wildman–Crippen MR) is 249 cm³/mol. The third-order valence-corrected chi connectivity index (χ3v) is 15.7. The van der Waals surface area contributed by atoms with Crippen LogP contribution in [0.4, 0.5) is 0 Å². The summed E-state index contributed by atoms with van der Waals surface area (Å²) in [6.07, 6.45) is 17.8. The van der Waals surface area contributed by atoms with Crippen molar-refractivity contribution in [2.24, 2.45) is 28.6 Å². The van der Waals surface area contributed by atoms with E-state index in [2.05, 4.69) is 60.8 Å². The number of carboxylic acids is 1. The molecule has 7 atom stereocenters. The number of esters is 1. The van der Waals surface area contributed by atoms with E-state index in [1.165, 1.54) is 23.6 Å². The fourth-order valence-corrected chi connectivity index (χ4v) is 11.4. The van der Waals surface area contributed by atoms with Crippen LogP contribution >= 0.6 is 0 Å². The van der Waals surface area contributed by atoms with Crippen LogP contribution in [-0.2, 0) is 17.6 Å². The molecule has 0 saturated heterocycles. The van der Waals surface area contributed by atoms with Crippen LogP contribution in [0.1, 0.15) is 201 Å². The quantitative estimate of drug-likeness (QED) is 0.0677. The number of carbonyl (C=O) groups excluding carboxylic acids is 1. The summed E-state index contributed by atoms with van der Waals surface area (Å²) in [4.78, 5) is 25.7. The highest BCUT2D eigenvalue weighted by atomic mass is 16.5. The van der Waals surface area contributed by atoms with Gasteiger partial charge in [-0.15, -0.1) is 0 Å². The third kappa shape index (κ3) is 9.70. The standard InChI is InChI=1S/C32H46O4.C22H30O4/c1-8-9-10-11-21-17-25(33)28(24-16-20(4)12-13-23(24)19(2)3)29(34)27(21)30(35)36-26-18-22-14-15-32(26,7)31(22,5)6;1-5-6-7-8-15-12-18(23)20(21(24)19(15)22(25)26)17-11-14(4)9-10-16(17)13(2)3/h16-17,22-24,26,33-34H,2,8-15,18H2,1,3-7H3;11-12,16-17,23-24H,2,5-10H2,1,3-4H3,(H,25,26)/t22?,23-,24+,26?,32?;16-,17+/m00/s1. The van der Waals surface area contributed by atoms with Crippen LogP contribution < -0.4 is 0 Å². The molecule has 2 aromatic carbocycles. The summed E-state index contributed by atoms with van der Waals surface area (Å²) in [6, 6.07) is 3.24. The lowest BCUT2D eigenvalue weighted by Gasteiger charge is -2.38. The summed E-state index contributed by atoms with van der Waals surface area (Å²) in [5, 5.41) is 54.0. The molecule has 5 N–H and O–H groups in total. The maximum Gasteiger partial charge on any atom is 0.342 e. The monoisotopic (exact) mass is 853 g/mol. The van der Waals surface area contributed by atoms with Crippen molar-refractivity contribution in [2.45, 2.75) is 177 Å². The fourth-order valence-electron chi connectivity index (χ4n) is 11.4. The van der Waals surface area contributed by atoms with E-state index in [-0.39, 0.29) is 74.7 Å². The number of carbonyl (C=O) groups is 2. The highest BCUT2D eigenvalue weighted by Crippen LogP contribution is 2.66. The van der Waals surface area contributed by atoms with Gasteiger partial charge in [0.05, 0.1) is 0 Å². The molecule has 62 heavy (non-hydrogen) atoms. The second-order valence-corrected chi connectivity index (χ2v) is 20.2. The number of aryl methyl sites for hydroxylation is 2. The van der Waals surface area contributed by atoms with E-state index in [4.69, 9.17) is 4.74 Å². The fraction of sp³-hybridized carbons (Fsp3) is 0.593. The predicted octanol–water partition coefficient (Wildman–Crippen LogP) is 13.8. The van der Waals surface area contributed by atoms with Gasteiger partial charge in [-0.05, 0) is 145 Å². The van der Waals surface area contributed by atoms with Crippen LogP contribution in [-0.4, -0.2) is 43.6 Å². The Morgan fingerprint density at radius 1 is 0.726 bits per heavy atom. The number of fused-ring (bicyclic) bond motifs is 2. The third-order valence-electron chi connectivity index (χ3n) is 15.7. The SMILES string of the molecule is C=C(C)[C@@H]1CCC(C)=C[C@H]1c1c(O)cc(CCCCC)c(C(=O)O)c1O.C=C(C)[C@@H]1CCC(C)=C[C@H]1c1c(O)cc(CCCCC)c(C(=O)OC2CC3CCC2(C)C3(C)C)c1O. The molecule has 2 bridgehead atoms. The van der Waals surface area contributed by atoms with Crippen LogP contribution in [0.3, 0.4) is 0 Å². The number of phenolic OH excluding ortho intramolecular Hbond substituents is 3. The van der Waals surface area contributed by atoms with Gasteiger partial charge in [-0.3, -0.25) is 0 Å². The number of aromatic carboxylic acids is 1. The lowest BCUT2D eigenvalue weighted by Crippen LogP contribution is -2.38. The Balaban J connectivity index is 0.000000247. The van der Waals surface area contributed by atoms with E-state index in [1.54, 1.807) is 6.07 Å². The molecule has 3 unspecified atom stereocenters. The molecule has 0 radical (unpaired) electrons. The van der Waals surface area contributed by atoms with Gasteiger partial charge in [0.2, 0.25) is 0 Å². The Labute approximate surface area is 371 Å². The van der Waals surface area contributed by atoms with Crippen LogP contribution in [0.25, 0.3) is 0 Å². The highest BCUT2D eigenvalue weighted by molar-refractivity contribution is 5.96. The number of phenols is 4. The number of hydrogen-bond donors (Lipinski definition) is 5. The molecule has 6 rings (SSSR count). The topological polar surface area (TPSA) is 145 Å². The van der Waals surface area contributed by atoms with E-state index in [1.807, 2.05) is 26.8 Å². The Bertz CT molecular complexity index is 2080. The van der Waals surface area contributed by atoms with Crippen LogP contribution in [0.15, 0.2) is 59.7 Å². The maximum absolute atomic E-state index is 13.8. The first-order valence-electron chi connectivity index (χ1n) is 23.4. The van der Waals surface area contributed by atoms with Crippen molar-refractivity contribution in [2.75, 3.05) is 0 Å². The molecule has 2 aromatic rings. The zero-order valence-corrected chi connectivity index (χ0v) is 39.3. The van der Waals surface area contributed by atoms with Crippen molar-refractivity contribution < 1.29 is 39.9 Å². The summed E-state index contributed by atoms with van der Waals surface area (Å²) in [5.74, 6) is -1.72. The Morgan fingerprint density at radius 2 is 1.18 bits per heavy atom. The molecule has 0 amide bonds. The Morgan fingerprint density at radius 3 is 1.56 bits per heavy atom. The van der Waals surface area contributed by atoms with E-state index >= 15 is 0 Å². The Hall–Kier alpha value is -4.46. The number of ether oxygens (including phenoxy) is 1. The molecule has 8 nitrogen and oxygen atoms in total. The van der Waals surface area contributed by atoms with Gasteiger partial charge < -0.3 is 30.3 Å². The molecular formula is C54H76O8. The molecule has 0 aromatic heterocycles. The van der Waals surface area contributed by atoms with Crippen molar-refractivity contribution in [3.63, 3.8) is 0 Å². The molecule has 0 spiro atoms. The van der Waals surface area contributed by atoms with Crippen LogP contribution in [0.2, 0.25) is 0 Å². The van der Waals surface area contributed by atoms with Crippen molar-refractivity contribution in [3.8, 4) is 23.0 Å². The van der Waals surface area contributed by atoms with Crippen LogP contribution in [0.5, 0.6) is 23.0 Å². The molecule has 8 heteroatoms. The molecule has 2 saturated carbocycles. The molecule has 0 aliphatic heterocycles. The maximum atomic E-state index is 13.8. The summed E-state index contributed by atoms with van der Waals surface area (Å²) < 4.78 is 6.26. The first-order chi connectivity index (χ1) is 29.2. The minimum absolute atomic E-state index is 0.0267. The number of benzene rings is 2. The number of carboxylic acid groups (broad SMARTS) is 1. The van der Waals surface area contributed by atoms with Crippen molar-refractivity contribution >= 4 is 11.9 Å². The zero-order valence-electron chi connectivity index (χ0n) is 39.3. The van der Waals surface area contributed by atoms with Gasteiger partial charge in [0.25, 0.3) is 0 Å². The number of allylic oxidation sites excluding steroid dienone is 6. The Kier molecular flexibility index (Phi) is 15.6. The summed E-state index contributed by atoms with van der Waals surface area (Å²) in [5.41, 5.74) is 6.57. The van der Waals surface area contributed by atoms with Gasteiger partial charge in [0.15, 0.2) is 0 Å². The second kappa shape index (κ2) is 19.9. The summed E-state index contributed by atoms with van der Waals surface area (Å²) >= 11 is 0. The molecule has 4 aliphatic rings. The normalized spacial score (nSPS) is 26.2. The van der Waals surface area contributed by atoms with Gasteiger partial charge in [-0.1, -0.05) is 108 Å². The van der Waals surface area contributed by atoms with Gasteiger partial charge in [0, 0.05) is 28.4 Å². The van der Waals surface area contributed by atoms with Gasteiger partial charge in [0.1, 0.15) is 40.2 Å². The van der Waals surface area contributed by atoms with Crippen molar-refractivity contribution in [1.29, 1.82) is 0 Å². The van der Waals surface area contributed by atoms with E-state index < -0.39 is 11.9 Å². The number of hydrogen-bond acceptors (Lipinski definition) is 7. The minimum atomic E-state index is -1.15. The van der Waals surface area contributed by atoms with Crippen molar-refractivity contribution in [3.05, 3.63) is 93.1 Å². The van der Waals surface area contributed by atoms with Gasteiger partial charge >= 0.3 is 11.9 Å². The zero-order chi connectivity index (χ0) is 45.8. The van der Waals surface area contributed by atoms with Crippen molar-refractivity contribution in [1.82, 2.24) is 0 Å². The summed E-state index contributed by atoms with van der Waals surface area (Å²) in [6.45, 7) is 27.4. The highest BCUT2D eigenvalue weighted by Gasteiger charge is 2.63. The molecular weight excluding hydrogens is 777 g/mol.